The Kier molecular flexibility index (Phi) is 21.4. The van der Waals surface area contributed by atoms with E-state index in [4.69, 9.17) is 0 Å². The number of hydrogen-bond donors (Lipinski definition) is 6. The molecule has 2 aliphatic heterocycles. The molecule has 6 unspecified atom stereocenters. The Morgan fingerprint density at radius 2 is 0.914 bits per heavy atom. The minimum Gasteiger partial charge on any atom is -0.342 e. The third kappa shape index (κ3) is 16.6. The van der Waals surface area contributed by atoms with Crippen LogP contribution in [0.3, 0.4) is 0 Å². The van der Waals surface area contributed by atoms with Crippen molar-refractivity contribution in [1.82, 2.24) is 51.5 Å². The number of carbonyl (C=O) groups excluding carboxylic acids is 8. The van der Waals surface area contributed by atoms with Crippen LogP contribution in [-0.4, -0.2) is 170 Å². The lowest BCUT2D eigenvalue weighted by atomic mass is 9.85. The summed E-state index contributed by atoms with van der Waals surface area (Å²) in [4.78, 5) is 115. The van der Waals surface area contributed by atoms with Crippen LogP contribution in [0, 0.1) is 10.8 Å². The summed E-state index contributed by atoms with van der Waals surface area (Å²) in [6.07, 6.45) is 3.68. The summed E-state index contributed by atoms with van der Waals surface area (Å²) >= 11 is 0. The smallest absolute Gasteiger partial charge is 0.309 e. The molecule has 4 rings (SSSR count). The third-order valence-electron chi connectivity index (χ3n) is 13.4. The van der Waals surface area contributed by atoms with Crippen molar-refractivity contribution in [3.05, 3.63) is 71.8 Å². The first-order valence-electron chi connectivity index (χ1n) is 24.8. The van der Waals surface area contributed by atoms with Gasteiger partial charge in [0.2, 0.25) is 35.4 Å². The van der Waals surface area contributed by atoms with Crippen molar-refractivity contribution in [2.24, 2.45) is 10.8 Å². The molecule has 2 fully saturated rings. The van der Waals surface area contributed by atoms with Gasteiger partial charge in [0.1, 0.15) is 12.1 Å². The lowest BCUT2D eigenvalue weighted by Crippen LogP contribution is -2.59. The highest BCUT2D eigenvalue weighted by atomic mass is 16.2. The van der Waals surface area contributed by atoms with Crippen molar-refractivity contribution >= 4 is 47.3 Å². The molecular formula is C52H80N10O8. The zero-order valence-corrected chi connectivity index (χ0v) is 43.2. The Hall–Kier alpha value is -5.88. The van der Waals surface area contributed by atoms with Crippen LogP contribution in [0.4, 0.5) is 0 Å². The Morgan fingerprint density at radius 3 is 1.23 bits per heavy atom. The van der Waals surface area contributed by atoms with Gasteiger partial charge in [-0.15, -0.1) is 0 Å². The molecule has 0 aromatic heterocycles. The molecule has 2 saturated heterocycles. The molecule has 2 aliphatic rings. The number of nitrogens with zero attached hydrogens (tertiary/aromatic N) is 4. The number of carbonyl (C=O) groups is 8. The molecule has 2 aromatic carbocycles. The molecule has 0 aliphatic carbocycles. The number of hydrogen-bond acceptors (Lipinski definition) is 10. The molecule has 18 heteroatoms. The second-order valence-corrected chi connectivity index (χ2v) is 20.8. The average Bonchev–Trinajstić information content (AvgIpc) is 4.01. The first-order valence-corrected chi connectivity index (χ1v) is 24.8. The minimum atomic E-state index is -1.09. The Morgan fingerprint density at radius 1 is 0.571 bits per heavy atom. The molecule has 6 atom stereocenters. The fourth-order valence-electron chi connectivity index (χ4n) is 8.71. The number of amides is 8. The van der Waals surface area contributed by atoms with Crippen LogP contribution in [0.1, 0.15) is 92.2 Å². The molecule has 8 amide bonds. The summed E-state index contributed by atoms with van der Waals surface area (Å²) in [6.45, 7) is 15.6. The predicted octanol–water partition coefficient (Wildman–Crippen LogP) is 1.62. The van der Waals surface area contributed by atoms with Gasteiger partial charge in [0.15, 0.2) is 0 Å². The molecule has 386 valence electrons. The van der Waals surface area contributed by atoms with E-state index in [2.05, 4.69) is 31.9 Å². The van der Waals surface area contributed by atoms with E-state index in [0.717, 1.165) is 11.1 Å². The molecule has 2 aromatic rings. The van der Waals surface area contributed by atoms with E-state index in [-0.39, 0.29) is 61.9 Å². The zero-order chi connectivity index (χ0) is 51.8. The van der Waals surface area contributed by atoms with Gasteiger partial charge < -0.3 is 51.5 Å². The lowest BCUT2D eigenvalue weighted by molar-refractivity contribution is -0.143. The van der Waals surface area contributed by atoms with E-state index in [1.54, 1.807) is 47.5 Å². The molecule has 0 bridgehead atoms. The predicted molar refractivity (Wildman–Crippen MR) is 269 cm³/mol. The van der Waals surface area contributed by atoms with Crippen LogP contribution in [0.15, 0.2) is 60.7 Å². The number of likely N-dealkylation sites (tertiary alicyclic amines) is 2. The maximum atomic E-state index is 14.2. The Balaban J connectivity index is 1.43. The van der Waals surface area contributed by atoms with Crippen molar-refractivity contribution in [3.63, 3.8) is 0 Å². The largest absolute Gasteiger partial charge is 0.342 e. The molecule has 2 heterocycles. The van der Waals surface area contributed by atoms with Gasteiger partial charge >= 0.3 is 11.8 Å². The van der Waals surface area contributed by atoms with E-state index >= 15 is 0 Å². The average molecular weight is 973 g/mol. The SMILES string of the molecule is CNC(C)C(=O)NC(C(=O)N1CCCC1CN(CCc1ccccc1)C(=O)CNC(=O)C(=O)NCC(=O)N(CCc1ccccc1)CC1CCCN1C(=O)C(NC(=O)C(C)NC)C(C)(C)C)C(C)(C)C. The van der Waals surface area contributed by atoms with Crippen molar-refractivity contribution in [1.29, 1.82) is 0 Å². The van der Waals surface area contributed by atoms with E-state index in [1.807, 2.05) is 102 Å². The van der Waals surface area contributed by atoms with E-state index in [9.17, 15) is 38.4 Å². The molecule has 0 spiro atoms. The number of nitrogens with one attached hydrogen (secondary N) is 6. The Bertz CT molecular complexity index is 1950. The van der Waals surface area contributed by atoms with Crippen molar-refractivity contribution < 1.29 is 38.4 Å². The highest BCUT2D eigenvalue weighted by Crippen LogP contribution is 2.28. The number of likely N-dealkylation sites (N-methyl/N-ethyl adjacent to an activating group) is 2. The van der Waals surface area contributed by atoms with Gasteiger partial charge in [-0.3, -0.25) is 38.4 Å². The Labute approximate surface area is 415 Å². The molecule has 18 nitrogen and oxygen atoms in total. The van der Waals surface area contributed by atoms with Crippen LogP contribution in [0.2, 0.25) is 0 Å². The van der Waals surface area contributed by atoms with Gasteiger partial charge in [0, 0.05) is 51.4 Å². The minimum absolute atomic E-state index is 0.176. The highest BCUT2D eigenvalue weighted by Gasteiger charge is 2.42. The summed E-state index contributed by atoms with van der Waals surface area (Å²) in [5.74, 6) is -4.15. The molecule has 0 saturated carbocycles. The topological polar surface area (TPSA) is 222 Å². The van der Waals surface area contributed by atoms with Gasteiger partial charge in [-0.25, -0.2) is 0 Å². The standard InChI is InChI=1S/C52H80N10O8/c1-35(53-9)45(65)57-43(51(3,4)5)49(69)61-27-17-23-39(61)33-59(29-25-37-19-13-11-14-20-37)41(63)31-55-47(67)48(68)56-32-42(64)60(30-26-38-21-15-12-16-22-38)34-40-24-18-28-62(40)50(70)44(52(6,7)8)58-46(66)36(2)54-10/h11-16,19-22,35-36,39-40,43-44,53-54H,17-18,23-34H2,1-10H3,(H,55,67)(H,56,68)(H,57,65)(H,58,66). The van der Waals surface area contributed by atoms with Crippen LogP contribution in [-0.2, 0) is 51.2 Å². The van der Waals surface area contributed by atoms with Gasteiger partial charge in [0.25, 0.3) is 0 Å². The van der Waals surface area contributed by atoms with E-state index < -0.39 is 71.7 Å². The fourth-order valence-corrected chi connectivity index (χ4v) is 8.71. The summed E-state index contributed by atoms with van der Waals surface area (Å²) in [5, 5.41) is 16.6. The summed E-state index contributed by atoms with van der Waals surface area (Å²) in [5.41, 5.74) is 0.770. The summed E-state index contributed by atoms with van der Waals surface area (Å²) in [6, 6.07) is 15.9. The maximum Gasteiger partial charge on any atom is 0.309 e. The fraction of sp³-hybridized carbons (Fsp3) is 0.615. The molecule has 0 radical (unpaired) electrons. The highest BCUT2D eigenvalue weighted by molar-refractivity contribution is 6.35. The molecule has 6 N–H and O–H groups in total. The van der Waals surface area contributed by atoms with Crippen molar-refractivity contribution in [2.45, 2.75) is 130 Å². The molecular weight excluding hydrogens is 893 g/mol. The van der Waals surface area contributed by atoms with Gasteiger partial charge in [-0.05, 0) is 88.4 Å². The number of benzene rings is 2. The normalized spacial score (nSPS) is 17.7. The molecule has 70 heavy (non-hydrogen) atoms. The van der Waals surface area contributed by atoms with Crippen LogP contribution in [0.25, 0.3) is 0 Å². The first-order chi connectivity index (χ1) is 33.0. The second-order valence-electron chi connectivity index (χ2n) is 20.8. The van der Waals surface area contributed by atoms with Crippen molar-refractivity contribution in [2.75, 3.05) is 66.5 Å². The summed E-state index contributed by atoms with van der Waals surface area (Å²) in [7, 11) is 3.35. The van der Waals surface area contributed by atoms with Crippen LogP contribution < -0.4 is 31.9 Å². The zero-order valence-electron chi connectivity index (χ0n) is 43.2. The summed E-state index contributed by atoms with van der Waals surface area (Å²) < 4.78 is 0. The van der Waals surface area contributed by atoms with Crippen molar-refractivity contribution in [3.8, 4) is 0 Å². The van der Waals surface area contributed by atoms with E-state index in [0.29, 0.717) is 51.6 Å². The monoisotopic (exact) mass is 973 g/mol. The quantitative estimate of drug-likeness (QED) is 0.0937. The number of rotatable bonds is 22. The second kappa shape index (κ2) is 26.4. The van der Waals surface area contributed by atoms with Crippen LogP contribution in [0.5, 0.6) is 0 Å². The maximum absolute atomic E-state index is 14.2. The van der Waals surface area contributed by atoms with E-state index in [1.165, 1.54) is 0 Å². The third-order valence-corrected chi connectivity index (χ3v) is 13.4. The lowest BCUT2D eigenvalue weighted by Gasteiger charge is -2.37. The van der Waals surface area contributed by atoms with Gasteiger partial charge in [0.05, 0.1) is 25.2 Å². The van der Waals surface area contributed by atoms with Crippen LogP contribution >= 0.6 is 0 Å². The van der Waals surface area contributed by atoms with Gasteiger partial charge in [-0.1, -0.05) is 102 Å². The first kappa shape index (κ1) is 56.7. The van der Waals surface area contributed by atoms with Gasteiger partial charge in [-0.2, -0.15) is 0 Å².